The molecule has 0 fully saturated rings. The van der Waals surface area contributed by atoms with Crippen LogP contribution in [0.25, 0.3) is 21.3 Å². The summed E-state index contributed by atoms with van der Waals surface area (Å²) in [6.07, 6.45) is 0.685. The number of nitrogens with one attached hydrogen (secondary N) is 1. The Morgan fingerprint density at radius 3 is 2.39 bits per heavy atom. The molecule has 5 rings (SSSR count). The normalized spacial score (nSPS) is 11.1. The first-order valence-corrected chi connectivity index (χ1v) is 12.4. The van der Waals surface area contributed by atoms with E-state index in [9.17, 15) is 9.59 Å². The fraction of sp³-hybridized carbons (Fsp3) is 0.179. The van der Waals surface area contributed by atoms with Crippen LogP contribution in [0, 0.1) is 0 Å². The van der Waals surface area contributed by atoms with E-state index in [1.54, 1.807) is 37.8 Å². The van der Waals surface area contributed by atoms with Gasteiger partial charge in [-0.3, -0.25) is 9.36 Å². The monoisotopic (exact) mass is 500 g/mol. The van der Waals surface area contributed by atoms with Gasteiger partial charge >= 0.3 is 11.0 Å². The highest BCUT2D eigenvalue weighted by molar-refractivity contribution is 7.21. The second-order valence-corrected chi connectivity index (χ2v) is 9.32. The molecule has 0 saturated carbocycles. The molecule has 36 heavy (non-hydrogen) atoms. The predicted molar refractivity (Wildman–Crippen MR) is 141 cm³/mol. The number of hydrogen-bond donors (Lipinski definition) is 1. The molecule has 182 valence electrons. The summed E-state index contributed by atoms with van der Waals surface area (Å²) in [6, 6.07) is 22.8. The van der Waals surface area contributed by atoms with Crippen LogP contribution in [-0.2, 0) is 13.0 Å². The van der Waals surface area contributed by atoms with Crippen molar-refractivity contribution in [3.63, 3.8) is 0 Å². The lowest BCUT2D eigenvalue weighted by Crippen LogP contribution is -2.37. The van der Waals surface area contributed by atoms with Gasteiger partial charge in [-0.05, 0) is 53.3 Å². The van der Waals surface area contributed by atoms with E-state index in [0.717, 1.165) is 26.8 Å². The van der Waals surface area contributed by atoms with E-state index in [0.29, 0.717) is 35.2 Å². The molecule has 0 unspecified atom stereocenters. The van der Waals surface area contributed by atoms with Gasteiger partial charge in [0.25, 0.3) is 0 Å². The van der Waals surface area contributed by atoms with Crippen LogP contribution in [0.5, 0.6) is 11.5 Å². The lowest BCUT2D eigenvalue weighted by Gasteiger charge is -2.09. The smallest absolute Gasteiger partial charge is 0.344 e. The van der Waals surface area contributed by atoms with E-state index < -0.39 is 0 Å². The van der Waals surface area contributed by atoms with Gasteiger partial charge in [-0.2, -0.15) is 5.32 Å². The molecule has 0 atom stereocenters. The van der Waals surface area contributed by atoms with Crippen molar-refractivity contribution in [3.05, 3.63) is 83.9 Å². The molecule has 0 bridgehead atoms. The minimum atomic E-state index is -0.196. The molecule has 5 aromatic rings. The van der Waals surface area contributed by atoms with Crippen molar-refractivity contribution in [2.45, 2.75) is 19.9 Å². The van der Waals surface area contributed by atoms with Crippen LogP contribution in [-0.4, -0.2) is 30.6 Å². The average molecular weight is 501 g/mol. The number of carbonyl (C=O) groups is 2. The Bertz CT molecular complexity index is 1590. The number of aromatic nitrogens is 2. The van der Waals surface area contributed by atoms with Gasteiger partial charge in [-0.25, -0.2) is 9.36 Å². The van der Waals surface area contributed by atoms with Crippen LogP contribution in [0.1, 0.15) is 27.6 Å². The maximum absolute atomic E-state index is 13.1. The van der Waals surface area contributed by atoms with E-state index in [1.165, 1.54) is 11.3 Å². The second-order valence-electron chi connectivity index (χ2n) is 8.34. The Hall–Kier alpha value is -4.17. The summed E-state index contributed by atoms with van der Waals surface area (Å²) in [6.45, 7) is 2.15. The molecular weight excluding hydrogens is 474 g/mol. The third-order valence-electron chi connectivity index (χ3n) is 6.16. The van der Waals surface area contributed by atoms with Gasteiger partial charge in [0.2, 0.25) is 5.91 Å². The van der Waals surface area contributed by atoms with Crippen molar-refractivity contribution in [2.75, 3.05) is 19.5 Å². The quantitative estimate of drug-likeness (QED) is 0.307. The molecule has 0 spiro atoms. The molecule has 8 heteroatoms. The number of carbonyl (C=O) groups excluding carboxylic acids is 2. The third-order valence-corrected chi connectivity index (χ3v) is 7.24. The number of amides is 1. The summed E-state index contributed by atoms with van der Waals surface area (Å²) in [4.78, 5) is 26.5. The van der Waals surface area contributed by atoms with Crippen LogP contribution in [0.15, 0.2) is 72.8 Å². The van der Waals surface area contributed by atoms with E-state index in [4.69, 9.17) is 9.47 Å². The van der Waals surface area contributed by atoms with E-state index >= 15 is 0 Å². The highest BCUT2D eigenvalue weighted by Gasteiger charge is 2.28. The van der Waals surface area contributed by atoms with E-state index in [-0.39, 0.29) is 11.8 Å². The number of anilines is 1. The number of rotatable bonds is 7. The first-order chi connectivity index (χ1) is 17.5. The first-order valence-electron chi connectivity index (χ1n) is 11.6. The van der Waals surface area contributed by atoms with Gasteiger partial charge in [0, 0.05) is 18.7 Å². The highest BCUT2D eigenvalue weighted by Crippen LogP contribution is 2.34. The van der Waals surface area contributed by atoms with Crippen molar-refractivity contribution in [3.8, 4) is 11.5 Å². The van der Waals surface area contributed by atoms with Crippen molar-refractivity contribution < 1.29 is 23.6 Å². The van der Waals surface area contributed by atoms with Crippen LogP contribution in [0.2, 0.25) is 0 Å². The number of thiazole rings is 1. The van der Waals surface area contributed by atoms with Gasteiger partial charge in [0.1, 0.15) is 0 Å². The van der Waals surface area contributed by atoms with Crippen LogP contribution < -0.4 is 19.4 Å². The van der Waals surface area contributed by atoms with E-state index in [1.807, 2.05) is 60.7 Å². The maximum atomic E-state index is 13.1. The molecule has 2 heterocycles. The lowest BCUT2D eigenvalue weighted by molar-refractivity contribution is -0.652. The summed E-state index contributed by atoms with van der Waals surface area (Å²) >= 11 is 1.40. The summed E-state index contributed by atoms with van der Waals surface area (Å²) in [5.41, 5.74) is 3.41. The van der Waals surface area contributed by atoms with Crippen LogP contribution >= 0.6 is 11.3 Å². The Morgan fingerprint density at radius 2 is 1.67 bits per heavy atom. The number of para-hydroxylation sites is 1. The number of ether oxygens (including phenoxy) is 2. The largest absolute Gasteiger partial charge is 0.493 e. The van der Waals surface area contributed by atoms with Crippen LogP contribution in [0.4, 0.5) is 5.13 Å². The number of nitrogens with zero attached hydrogens (tertiary/aromatic N) is 2. The summed E-state index contributed by atoms with van der Waals surface area (Å²) in [7, 11) is 3.23. The highest BCUT2D eigenvalue weighted by atomic mass is 32.1. The molecular formula is C28H26N3O4S+. The Balaban J connectivity index is 1.61. The molecule has 2 aromatic heterocycles. The van der Waals surface area contributed by atoms with Gasteiger partial charge in [0.15, 0.2) is 21.8 Å². The zero-order valence-corrected chi connectivity index (χ0v) is 21.1. The number of aryl methyl sites for hydroxylation is 2. The molecule has 0 aliphatic heterocycles. The van der Waals surface area contributed by atoms with Gasteiger partial charge in [-0.1, -0.05) is 36.4 Å². The summed E-state index contributed by atoms with van der Waals surface area (Å²) in [5, 5.41) is 4.72. The van der Waals surface area contributed by atoms with Crippen molar-refractivity contribution in [1.29, 1.82) is 0 Å². The fourth-order valence-corrected chi connectivity index (χ4v) is 5.71. The minimum absolute atomic E-state index is 0.0737. The molecule has 1 N–H and O–H groups in total. The number of methoxy groups -OCH3 is 2. The molecule has 0 aliphatic rings. The van der Waals surface area contributed by atoms with Crippen molar-refractivity contribution in [1.82, 2.24) is 4.57 Å². The molecule has 0 radical (unpaired) electrons. The zero-order chi connectivity index (χ0) is 25.2. The third kappa shape index (κ3) is 4.20. The zero-order valence-electron chi connectivity index (χ0n) is 20.3. The minimum Gasteiger partial charge on any atom is -0.493 e. The summed E-state index contributed by atoms with van der Waals surface area (Å²) < 4.78 is 14.7. The van der Waals surface area contributed by atoms with Crippen molar-refractivity contribution >= 4 is 49.5 Å². The standard InChI is InChI=1S/C28H25N3O4S/c1-18(32)31-22-12-8-7-11-21(22)25-27(31)36-28(29-26(33)20-9-5-4-6-10-20)30(25)16-15-19-13-14-23(34-2)24(17-19)35-3/h4-14,17H,15-16H2,1-3H3/p+1. The summed E-state index contributed by atoms with van der Waals surface area (Å²) in [5.74, 6) is 1.07. The molecule has 0 aliphatic carbocycles. The molecule has 7 nitrogen and oxygen atoms in total. The predicted octanol–water partition coefficient (Wildman–Crippen LogP) is 5.32. The van der Waals surface area contributed by atoms with Gasteiger partial charge < -0.3 is 9.47 Å². The molecule has 0 saturated heterocycles. The number of benzene rings is 3. The second kappa shape index (κ2) is 9.83. The lowest BCUT2D eigenvalue weighted by atomic mass is 10.1. The first kappa shape index (κ1) is 23.6. The van der Waals surface area contributed by atoms with Crippen LogP contribution in [0.3, 0.4) is 0 Å². The van der Waals surface area contributed by atoms with Crippen molar-refractivity contribution in [2.24, 2.45) is 0 Å². The maximum Gasteiger partial charge on any atom is 0.344 e. The Morgan fingerprint density at radius 1 is 0.944 bits per heavy atom. The SMILES string of the molecule is COc1ccc(CC[n+]2c(NC(=O)c3ccccc3)sc3c2c2ccccc2n3C(C)=O)cc1OC. The fourth-order valence-electron chi connectivity index (χ4n) is 4.46. The number of fused-ring (bicyclic) bond motifs is 3. The molecule has 1 amide bonds. The van der Waals surface area contributed by atoms with Gasteiger partial charge in [-0.15, -0.1) is 0 Å². The van der Waals surface area contributed by atoms with E-state index in [2.05, 4.69) is 9.88 Å². The van der Waals surface area contributed by atoms with Gasteiger partial charge in [0.05, 0.1) is 31.8 Å². The number of hydrogen-bond acceptors (Lipinski definition) is 5. The Labute approximate surface area is 212 Å². The topological polar surface area (TPSA) is 73.4 Å². The average Bonchev–Trinajstić information content (AvgIpc) is 3.41. The Kier molecular flexibility index (Phi) is 6.43. The molecule has 3 aromatic carbocycles.